The molecule has 0 unspecified atom stereocenters. The van der Waals surface area contributed by atoms with Gasteiger partial charge in [0.1, 0.15) is 11.5 Å². The molecule has 0 saturated carbocycles. The van der Waals surface area contributed by atoms with Crippen LogP contribution in [0.4, 0.5) is 17.3 Å². The van der Waals surface area contributed by atoms with Gasteiger partial charge in [-0.3, -0.25) is 4.79 Å². The maximum Gasteiger partial charge on any atom is 0.510 e. The van der Waals surface area contributed by atoms with Crippen LogP contribution in [-0.2, 0) is 0 Å². The number of nitrogens with two attached hydrogens (primary N) is 1. The Balaban J connectivity index is 2.69. The summed E-state index contributed by atoms with van der Waals surface area (Å²) in [6, 6.07) is 2.05. The van der Waals surface area contributed by atoms with Crippen LogP contribution < -0.4 is 11.2 Å². The second-order valence-electron chi connectivity index (χ2n) is 3.69. The van der Waals surface area contributed by atoms with Crippen molar-refractivity contribution in [1.82, 2.24) is 15.4 Å². The van der Waals surface area contributed by atoms with Gasteiger partial charge in [0.2, 0.25) is 0 Å². The van der Waals surface area contributed by atoms with Crippen LogP contribution in [0.5, 0.6) is 0 Å². The topological polar surface area (TPSA) is 84.7 Å². The predicted molar refractivity (Wildman–Crippen MR) is 59.0 cm³/mol. The fourth-order valence-electron chi connectivity index (χ4n) is 1.61. The van der Waals surface area contributed by atoms with Crippen molar-refractivity contribution >= 4 is 18.3 Å². The van der Waals surface area contributed by atoms with E-state index in [4.69, 9.17) is 5.73 Å². The fourth-order valence-corrected chi connectivity index (χ4v) is 1.61. The lowest BCUT2D eigenvalue weighted by atomic mass is 9.76. The summed E-state index contributed by atoms with van der Waals surface area (Å²) in [4.78, 5) is 11.0. The molecule has 0 bridgehead atoms. The standard InChI is InChI=1S/C9H6BF4N4O/c11-4-1-2-5(6(3-4)10(12,13)14)7-8(9(15)19)17-18-16-7/h1-3H,(H2,15,19)(H,16,17,18)/q-1. The zero-order valence-electron chi connectivity index (χ0n) is 9.20. The van der Waals surface area contributed by atoms with Gasteiger partial charge < -0.3 is 18.7 Å². The molecule has 0 saturated heterocycles. The van der Waals surface area contributed by atoms with Crippen molar-refractivity contribution in [3.63, 3.8) is 0 Å². The Hall–Kier alpha value is -2.39. The molecule has 100 valence electrons. The highest BCUT2D eigenvalue weighted by Gasteiger charge is 2.31. The Morgan fingerprint density at radius 1 is 1.26 bits per heavy atom. The third kappa shape index (κ3) is 2.42. The Morgan fingerprint density at radius 2 is 1.95 bits per heavy atom. The Bertz CT molecular complexity index is 639. The zero-order valence-corrected chi connectivity index (χ0v) is 9.20. The second-order valence-corrected chi connectivity index (χ2v) is 3.69. The van der Waals surface area contributed by atoms with Gasteiger partial charge in [-0.2, -0.15) is 15.4 Å². The van der Waals surface area contributed by atoms with Gasteiger partial charge in [-0.1, -0.05) is 17.6 Å². The number of nitrogens with one attached hydrogen (secondary N) is 1. The summed E-state index contributed by atoms with van der Waals surface area (Å²) >= 11 is 0. The first-order valence-electron chi connectivity index (χ1n) is 5.01. The van der Waals surface area contributed by atoms with Gasteiger partial charge >= 0.3 is 6.98 Å². The number of carbonyl (C=O) groups excluding carboxylic acids is 1. The van der Waals surface area contributed by atoms with Gasteiger partial charge in [-0.25, -0.2) is 4.39 Å². The third-order valence-electron chi connectivity index (χ3n) is 2.40. The van der Waals surface area contributed by atoms with E-state index in [0.717, 1.165) is 12.1 Å². The number of benzene rings is 1. The predicted octanol–water partition coefficient (Wildman–Crippen LogP) is 0.764. The maximum atomic E-state index is 13.0. The van der Waals surface area contributed by atoms with Crippen LogP contribution in [0.1, 0.15) is 10.5 Å². The smallest absolute Gasteiger partial charge is 0.445 e. The number of hydrogen-bond acceptors (Lipinski definition) is 3. The zero-order chi connectivity index (χ0) is 14.2. The van der Waals surface area contributed by atoms with Crippen LogP contribution in [0.2, 0.25) is 0 Å². The average Bonchev–Trinajstić information content (AvgIpc) is 2.76. The highest BCUT2D eigenvalue weighted by Crippen LogP contribution is 2.23. The van der Waals surface area contributed by atoms with E-state index in [1.165, 1.54) is 0 Å². The lowest BCUT2D eigenvalue weighted by Crippen LogP contribution is -2.36. The number of aromatic nitrogens is 3. The number of rotatable bonds is 3. The van der Waals surface area contributed by atoms with Crippen molar-refractivity contribution in [2.75, 3.05) is 0 Å². The number of halogens is 4. The molecule has 3 N–H and O–H groups in total. The summed E-state index contributed by atoms with van der Waals surface area (Å²) < 4.78 is 51.6. The molecule has 0 radical (unpaired) electrons. The quantitative estimate of drug-likeness (QED) is 0.639. The van der Waals surface area contributed by atoms with Crippen LogP contribution in [0.25, 0.3) is 11.3 Å². The van der Waals surface area contributed by atoms with Gasteiger partial charge in [0.25, 0.3) is 5.91 Å². The molecule has 5 nitrogen and oxygen atoms in total. The molecule has 2 aromatic rings. The normalized spacial score (nSPS) is 11.6. The van der Waals surface area contributed by atoms with E-state index in [2.05, 4.69) is 10.2 Å². The lowest BCUT2D eigenvalue weighted by molar-refractivity contribution is 0.0996. The number of carbonyl (C=O) groups is 1. The summed E-state index contributed by atoms with van der Waals surface area (Å²) in [7, 11) is 0. The highest BCUT2D eigenvalue weighted by atomic mass is 19.4. The van der Waals surface area contributed by atoms with E-state index < -0.39 is 35.4 Å². The molecule has 1 aromatic heterocycles. The minimum Gasteiger partial charge on any atom is -0.445 e. The van der Waals surface area contributed by atoms with Gasteiger partial charge in [0, 0.05) is 0 Å². The van der Waals surface area contributed by atoms with E-state index in [1.54, 1.807) is 0 Å². The van der Waals surface area contributed by atoms with Crippen molar-refractivity contribution in [3.05, 3.63) is 29.7 Å². The molecule has 1 amide bonds. The van der Waals surface area contributed by atoms with Gasteiger partial charge in [-0.15, -0.1) is 0 Å². The Kier molecular flexibility index (Phi) is 3.01. The van der Waals surface area contributed by atoms with Crippen LogP contribution in [0, 0.1) is 5.82 Å². The third-order valence-corrected chi connectivity index (χ3v) is 2.40. The fraction of sp³-hybridized carbons (Fsp3) is 0. The van der Waals surface area contributed by atoms with Gasteiger partial charge in [0.05, 0.1) is 0 Å². The Labute approximate surface area is 103 Å². The summed E-state index contributed by atoms with van der Waals surface area (Å²) in [5.41, 5.74) is 2.53. The minimum atomic E-state index is -5.47. The number of hydrogen-bond donors (Lipinski definition) is 2. The highest BCUT2D eigenvalue weighted by molar-refractivity contribution is 6.75. The molecule has 0 atom stereocenters. The van der Waals surface area contributed by atoms with Crippen LogP contribution in [0.15, 0.2) is 18.2 Å². The Morgan fingerprint density at radius 3 is 2.53 bits per heavy atom. The summed E-state index contributed by atoms with van der Waals surface area (Å²) in [6.45, 7) is -5.47. The van der Waals surface area contributed by atoms with Crippen molar-refractivity contribution < 1.29 is 22.1 Å². The molecule has 1 aromatic carbocycles. The number of aromatic amines is 1. The average molecular weight is 273 g/mol. The van der Waals surface area contributed by atoms with Crippen LogP contribution in [-0.4, -0.2) is 28.3 Å². The molecule has 1 heterocycles. The van der Waals surface area contributed by atoms with Crippen LogP contribution >= 0.6 is 0 Å². The number of H-pyrrole nitrogens is 1. The molecule has 2 rings (SSSR count). The summed E-state index contributed by atoms with van der Waals surface area (Å²) in [5, 5.41) is 8.85. The van der Waals surface area contributed by atoms with Crippen molar-refractivity contribution in [1.29, 1.82) is 0 Å². The largest absolute Gasteiger partial charge is 0.510 e. The van der Waals surface area contributed by atoms with Crippen molar-refractivity contribution in [2.24, 2.45) is 5.73 Å². The van der Waals surface area contributed by atoms with Crippen LogP contribution in [0.3, 0.4) is 0 Å². The van der Waals surface area contributed by atoms with Crippen molar-refractivity contribution in [2.45, 2.75) is 0 Å². The number of primary amides is 1. The molecular formula is C9H6BF4N4O-. The molecule has 0 aliphatic heterocycles. The van der Waals surface area contributed by atoms with Crippen molar-refractivity contribution in [3.8, 4) is 11.3 Å². The van der Waals surface area contributed by atoms with E-state index in [1.807, 2.05) is 5.21 Å². The molecule has 0 spiro atoms. The molecule has 0 fully saturated rings. The first-order chi connectivity index (χ1) is 8.80. The summed E-state index contributed by atoms with van der Waals surface area (Å²) in [6.07, 6.45) is 0. The van der Waals surface area contributed by atoms with E-state index in [0.29, 0.717) is 6.07 Å². The molecule has 0 aliphatic rings. The van der Waals surface area contributed by atoms with E-state index in [-0.39, 0.29) is 5.69 Å². The summed E-state index contributed by atoms with van der Waals surface area (Å²) in [5.74, 6) is -2.07. The number of nitrogens with zero attached hydrogens (tertiary/aromatic N) is 2. The van der Waals surface area contributed by atoms with E-state index >= 15 is 0 Å². The first-order valence-corrected chi connectivity index (χ1v) is 5.01. The molecular weight excluding hydrogens is 267 g/mol. The SMILES string of the molecule is NC(=O)c1n[nH]nc1-c1ccc(F)cc1[B-](F)(F)F. The second kappa shape index (κ2) is 4.37. The first kappa shape index (κ1) is 13.1. The lowest BCUT2D eigenvalue weighted by Gasteiger charge is -2.18. The molecule has 19 heavy (non-hydrogen) atoms. The van der Waals surface area contributed by atoms with Gasteiger partial charge in [-0.05, 0) is 11.6 Å². The number of amides is 1. The monoisotopic (exact) mass is 273 g/mol. The minimum absolute atomic E-state index is 0.342. The maximum absolute atomic E-state index is 13.0. The van der Waals surface area contributed by atoms with Gasteiger partial charge in [0.15, 0.2) is 5.69 Å². The van der Waals surface area contributed by atoms with E-state index in [9.17, 15) is 22.1 Å². The molecule has 0 aliphatic carbocycles. The molecule has 10 heteroatoms.